The topological polar surface area (TPSA) is 120 Å². The summed E-state index contributed by atoms with van der Waals surface area (Å²) in [6, 6.07) is 30.4. The minimum absolute atomic E-state index is 0.120. The van der Waals surface area contributed by atoms with E-state index >= 15 is 0 Å². The van der Waals surface area contributed by atoms with Crippen LogP contribution in [0.1, 0.15) is 27.4 Å². The van der Waals surface area contributed by atoms with Crippen LogP contribution < -0.4 is 10.1 Å². The minimum Gasteiger partial charge on any atom is -0.497 e. The van der Waals surface area contributed by atoms with Gasteiger partial charge in [-0.3, -0.25) is 24.6 Å². The quantitative estimate of drug-likeness (QED) is 0.142. The van der Waals surface area contributed by atoms with Crippen LogP contribution in [0.4, 0.5) is 11.4 Å². The van der Waals surface area contributed by atoms with Crippen molar-refractivity contribution in [3.63, 3.8) is 0 Å². The molecule has 3 heterocycles. The molecule has 10 nitrogen and oxygen atoms in total. The number of amides is 1. The number of nitro benzene ring substituents is 1. The first-order chi connectivity index (χ1) is 21.8. The van der Waals surface area contributed by atoms with Crippen LogP contribution in [0.25, 0.3) is 16.9 Å². The average Bonchev–Trinajstić information content (AvgIpc) is 3.74. The molecule has 3 atom stereocenters. The molecule has 7 rings (SSSR count). The van der Waals surface area contributed by atoms with Gasteiger partial charge in [-0.2, -0.15) is 5.10 Å². The predicted molar refractivity (Wildman–Crippen MR) is 169 cm³/mol. The van der Waals surface area contributed by atoms with E-state index in [2.05, 4.69) is 5.32 Å². The molecule has 4 aromatic carbocycles. The first kappa shape index (κ1) is 28.2. The summed E-state index contributed by atoms with van der Waals surface area (Å²) in [5.41, 5.74) is 3.30. The number of hydrogen-bond acceptors (Lipinski definition) is 7. The predicted octanol–water partition coefficient (Wildman–Crippen LogP) is 5.83. The second-order valence-corrected chi connectivity index (χ2v) is 11.3. The lowest BCUT2D eigenvalue weighted by Gasteiger charge is -2.35. The molecule has 5 aromatic rings. The van der Waals surface area contributed by atoms with Crippen molar-refractivity contribution >= 4 is 23.1 Å². The standard InChI is InChI=1S/C35H29N5O5/c1-38-20-27(28-21-39(24-11-7-4-8-12-24)37-32(28)22-9-5-3-6-10-22)31(33(41)23-13-15-25(16-14-23)40(43)44)35(38)29-19-26(45-2)17-18-30(29)36-34(35)42/h3-19,21,27,31H,20H2,1-2H3,(H,36,42)/t27-,31+,35-/m0/s1. The summed E-state index contributed by atoms with van der Waals surface area (Å²) >= 11 is 0. The van der Waals surface area contributed by atoms with Gasteiger partial charge in [0.2, 0.25) is 5.91 Å². The molecule has 2 aliphatic heterocycles. The number of anilines is 1. The van der Waals surface area contributed by atoms with E-state index in [9.17, 15) is 19.7 Å². The SMILES string of the molecule is COc1ccc2c(c1)[C@@]1(C(=O)N2)[C@@H](C(=O)c2ccc([N+](=O)[O-])cc2)[C@H](c2cn(-c3ccccc3)nc2-c2ccccc2)CN1C. The first-order valence-corrected chi connectivity index (χ1v) is 14.5. The summed E-state index contributed by atoms with van der Waals surface area (Å²) in [6.45, 7) is 0.369. The molecular formula is C35H29N5O5. The lowest BCUT2D eigenvalue weighted by atomic mass is 9.70. The number of rotatable bonds is 7. The molecule has 0 unspecified atom stereocenters. The fraction of sp³-hybridized carbons (Fsp3) is 0.171. The number of non-ortho nitro benzene ring substituents is 1. The average molecular weight is 600 g/mol. The van der Waals surface area contributed by atoms with Gasteiger partial charge in [0.15, 0.2) is 5.78 Å². The minimum atomic E-state index is -1.38. The number of likely N-dealkylation sites (tertiary alicyclic amines) is 1. The van der Waals surface area contributed by atoms with Gasteiger partial charge in [-0.15, -0.1) is 0 Å². The van der Waals surface area contributed by atoms with Gasteiger partial charge >= 0.3 is 0 Å². The molecule has 1 fully saturated rings. The third-order valence-corrected chi connectivity index (χ3v) is 9.01. The number of carbonyl (C=O) groups is 2. The summed E-state index contributed by atoms with van der Waals surface area (Å²) in [6.07, 6.45) is 1.95. The van der Waals surface area contributed by atoms with Gasteiger partial charge in [0, 0.05) is 58.7 Å². The number of nitro groups is 1. The van der Waals surface area contributed by atoms with Crippen LogP contribution in [-0.2, 0) is 10.3 Å². The Morgan fingerprint density at radius 1 is 1.00 bits per heavy atom. The van der Waals surface area contributed by atoms with Gasteiger partial charge in [-0.05, 0) is 49.5 Å². The van der Waals surface area contributed by atoms with E-state index in [4.69, 9.17) is 9.84 Å². The van der Waals surface area contributed by atoms with E-state index in [1.165, 1.54) is 24.3 Å². The van der Waals surface area contributed by atoms with Crippen LogP contribution in [0.2, 0.25) is 0 Å². The smallest absolute Gasteiger partial charge is 0.269 e. The number of likely N-dealkylation sites (N-methyl/N-ethyl adjacent to an activating group) is 1. The number of fused-ring (bicyclic) bond motifs is 2. The molecule has 1 amide bonds. The lowest BCUT2D eigenvalue weighted by molar-refractivity contribution is -0.384. The number of nitrogens with zero attached hydrogens (tertiary/aromatic N) is 4. The number of ether oxygens (including phenoxy) is 1. The van der Waals surface area contributed by atoms with Crippen molar-refractivity contribution in [2.75, 3.05) is 26.0 Å². The van der Waals surface area contributed by atoms with Crippen molar-refractivity contribution in [1.29, 1.82) is 0 Å². The molecule has 1 spiro atoms. The summed E-state index contributed by atoms with van der Waals surface area (Å²) in [5.74, 6) is -1.43. The number of para-hydroxylation sites is 1. The van der Waals surface area contributed by atoms with Crippen LogP contribution >= 0.6 is 0 Å². The van der Waals surface area contributed by atoms with E-state index in [0.717, 1.165) is 16.8 Å². The zero-order chi connectivity index (χ0) is 31.3. The van der Waals surface area contributed by atoms with Crippen molar-refractivity contribution in [3.8, 4) is 22.7 Å². The Labute approximate surface area is 259 Å². The van der Waals surface area contributed by atoms with Crippen molar-refractivity contribution in [2.24, 2.45) is 5.92 Å². The number of Topliss-reactive ketones (excluding diaryl/α,β-unsaturated/α-hetero) is 1. The van der Waals surface area contributed by atoms with Crippen LogP contribution in [-0.4, -0.2) is 52.0 Å². The molecule has 1 N–H and O–H groups in total. The number of nitrogens with one attached hydrogen (secondary N) is 1. The van der Waals surface area contributed by atoms with Gasteiger partial charge in [0.25, 0.3) is 5.69 Å². The maximum Gasteiger partial charge on any atom is 0.269 e. The molecule has 0 aliphatic carbocycles. The summed E-state index contributed by atoms with van der Waals surface area (Å²) in [5, 5.41) is 19.4. The highest BCUT2D eigenvalue weighted by atomic mass is 16.6. The van der Waals surface area contributed by atoms with Crippen LogP contribution in [0.5, 0.6) is 5.75 Å². The van der Waals surface area contributed by atoms with Crippen molar-refractivity contribution < 1.29 is 19.2 Å². The van der Waals surface area contributed by atoms with Crippen molar-refractivity contribution in [1.82, 2.24) is 14.7 Å². The van der Waals surface area contributed by atoms with E-state index in [1.54, 1.807) is 19.2 Å². The second kappa shape index (κ2) is 10.8. The number of benzene rings is 4. The Balaban J connectivity index is 1.46. The number of methoxy groups -OCH3 is 1. The highest BCUT2D eigenvalue weighted by Crippen LogP contribution is 2.57. The van der Waals surface area contributed by atoms with Gasteiger partial charge in [-0.25, -0.2) is 4.68 Å². The van der Waals surface area contributed by atoms with E-state index in [0.29, 0.717) is 29.2 Å². The number of hydrogen-bond donors (Lipinski definition) is 1. The monoisotopic (exact) mass is 599 g/mol. The first-order valence-electron chi connectivity index (χ1n) is 14.5. The van der Waals surface area contributed by atoms with E-state index in [-0.39, 0.29) is 22.9 Å². The van der Waals surface area contributed by atoms with Crippen molar-refractivity contribution in [3.05, 3.63) is 136 Å². The Morgan fingerprint density at radius 2 is 1.69 bits per heavy atom. The van der Waals surface area contributed by atoms with E-state index < -0.39 is 22.3 Å². The van der Waals surface area contributed by atoms with Gasteiger partial charge < -0.3 is 10.1 Å². The highest BCUT2D eigenvalue weighted by Gasteiger charge is 2.65. The largest absolute Gasteiger partial charge is 0.497 e. The Morgan fingerprint density at radius 3 is 2.36 bits per heavy atom. The Hall–Kier alpha value is -5.61. The Bertz CT molecular complexity index is 1940. The molecule has 1 saturated heterocycles. The number of ketones is 1. The maximum absolute atomic E-state index is 14.8. The third kappa shape index (κ3) is 4.41. The van der Waals surface area contributed by atoms with Crippen molar-refractivity contribution in [2.45, 2.75) is 11.5 Å². The zero-order valence-electron chi connectivity index (χ0n) is 24.6. The third-order valence-electron chi connectivity index (χ3n) is 9.01. The van der Waals surface area contributed by atoms with Gasteiger partial charge in [-0.1, -0.05) is 48.5 Å². The second-order valence-electron chi connectivity index (χ2n) is 11.3. The van der Waals surface area contributed by atoms with Crippen LogP contribution in [0.3, 0.4) is 0 Å². The fourth-order valence-corrected chi connectivity index (χ4v) is 6.94. The maximum atomic E-state index is 14.8. The van der Waals surface area contributed by atoms with E-state index in [1.807, 2.05) is 89.6 Å². The molecule has 0 bridgehead atoms. The van der Waals surface area contributed by atoms with Gasteiger partial charge in [0.1, 0.15) is 11.3 Å². The van der Waals surface area contributed by atoms with Gasteiger partial charge in [0.05, 0.1) is 29.3 Å². The highest BCUT2D eigenvalue weighted by molar-refractivity contribution is 6.12. The summed E-state index contributed by atoms with van der Waals surface area (Å²) in [7, 11) is 3.41. The Kier molecular flexibility index (Phi) is 6.78. The molecule has 0 saturated carbocycles. The van der Waals surface area contributed by atoms with Crippen LogP contribution in [0.15, 0.2) is 109 Å². The molecule has 224 valence electrons. The fourth-order valence-electron chi connectivity index (χ4n) is 6.94. The molecule has 2 aliphatic rings. The normalized spacial score (nSPS) is 20.6. The lowest BCUT2D eigenvalue weighted by Crippen LogP contribution is -2.51. The zero-order valence-corrected chi connectivity index (χ0v) is 24.6. The molecule has 10 heteroatoms. The molecule has 0 radical (unpaired) electrons. The molecular weight excluding hydrogens is 570 g/mol. The number of aromatic nitrogens is 2. The summed E-state index contributed by atoms with van der Waals surface area (Å²) < 4.78 is 7.36. The van der Waals surface area contributed by atoms with Crippen LogP contribution in [0, 0.1) is 16.0 Å². The number of carbonyl (C=O) groups excluding carboxylic acids is 2. The summed E-state index contributed by atoms with van der Waals surface area (Å²) in [4.78, 5) is 41.9. The molecule has 1 aromatic heterocycles. The molecule has 45 heavy (non-hydrogen) atoms.